The Balaban J connectivity index is 1.51. The summed E-state index contributed by atoms with van der Waals surface area (Å²) in [5, 5.41) is 3.25. The third-order valence-electron chi connectivity index (χ3n) is 4.86. The van der Waals surface area contributed by atoms with Gasteiger partial charge in [-0.05, 0) is 55.3 Å². The van der Waals surface area contributed by atoms with Gasteiger partial charge >= 0.3 is 0 Å². The number of amides is 1. The summed E-state index contributed by atoms with van der Waals surface area (Å²) in [7, 11) is 0. The molecule has 5 heteroatoms. The van der Waals surface area contributed by atoms with E-state index in [1.807, 2.05) is 17.0 Å². The molecule has 1 aliphatic heterocycles. The third kappa shape index (κ3) is 4.10. The number of anilines is 2. The highest BCUT2D eigenvalue weighted by atomic mass is 19.1. The van der Waals surface area contributed by atoms with E-state index in [1.165, 1.54) is 23.3 Å². The molecule has 0 aliphatic carbocycles. The number of benzene rings is 2. The monoisotopic (exact) mass is 341 g/mol. The highest BCUT2D eigenvalue weighted by Crippen LogP contribution is 2.19. The van der Waals surface area contributed by atoms with Gasteiger partial charge in [-0.15, -0.1) is 0 Å². The van der Waals surface area contributed by atoms with Crippen molar-refractivity contribution in [3.63, 3.8) is 0 Å². The third-order valence-corrected chi connectivity index (χ3v) is 4.86. The molecule has 4 nitrogen and oxygen atoms in total. The summed E-state index contributed by atoms with van der Waals surface area (Å²) in [6.45, 7) is 7.33. The number of hydrogen-bond donors (Lipinski definition) is 1. The smallest absolute Gasteiger partial charge is 0.241 e. The second kappa shape index (κ2) is 7.55. The molecule has 0 aromatic heterocycles. The zero-order valence-electron chi connectivity index (χ0n) is 14.8. The predicted molar refractivity (Wildman–Crippen MR) is 99.6 cm³/mol. The highest BCUT2D eigenvalue weighted by molar-refractivity contribution is 5.81. The molecule has 1 N–H and O–H groups in total. The zero-order chi connectivity index (χ0) is 17.8. The van der Waals surface area contributed by atoms with Gasteiger partial charge in [-0.3, -0.25) is 4.79 Å². The van der Waals surface area contributed by atoms with E-state index in [-0.39, 0.29) is 11.7 Å². The first-order valence-electron chi connectivity index (χ1n) is 8.63. The molecule has 25 heavy (non-hydrogen) atoms. The molecule has 0 atom stereocenters. The minimum Gasteiger partial charge on any atom is -0.376 e. The van der Waals surface area contributed by atoms with E-state index in [1.54, 1.807) is 12.1 Å². The van der Waals surface area contributed by atoms with E-state index in [4.69, 9.17) is 0 Å². The summed E-state index contributed by atoms with van der Waals surface area (Å²) in [6.07, 6.45) is 0. The second-order valence-corrected chi connectivity index (χ2v) is 6.45. The van der Waals surface area contributed by atoms with Gasteiger partial charge in [0.1, 0.15) is 5.82 Å². The molecule has 3 rings (SSSR count). The standard InChI is InChI=1S/C20H24FN3O/c1-15-4-3-5-19(16(15)2)22-14-20(25)24-12-10-23(11-13-24)18-8-6-17(21)7-9-18/h3-9,22H,10-14H2,1-2H3. The fourth-order valence-corrected chi connectivity index (χ4v) is 3.09. The van der Waals surface area contributed by atoms with E-state index in [9.17, 15) is 9.18 Å². The Morgan fingerprint density at radius 2 is 1.72 bits per heavy atom. The molecule has 1 aliphatic rings. The van der Waals surface area contributed by atoms with Gasteiger partial charge in [0, 0.05) is 37.6 Å². The fourth-order valence-electron chi connectivity index (χ4n) is 3.09. The molecule has 2 aromatic carbocycles. The van der Waals surface area contributed by atoms with Crippen molar-refractivity contribution in [3.8, 4) is 0 Å². The van der Waals surface area contributed by atoms with Crippen LogP contribution in [0.2, 0.25) is 0 Å². The quantitative estimate of drug-likeness (QED) is 0.928. The van der Waals surface area contributed by atoms with E-state index in [0.29, 0.717) is 19.6 Å². The van der Waals surface area contributed by atoms with Crippen LogP contribution in [0.1, 0.15) is 11.1 Å². The number of aryl methyl sites for hydroxylation is 1. The summed E-state index contributed by atoms with van der Waals surface area (Å²) in [5.74, 6) is -0.116. The molecule has 132 valence electrons. The van der Waals surface area contributed by atoms with Crippen LogP contribution >= 0.6 is 0 Å². The van der Waals surface area contributed by atoms with Crippen LogP contribution in [0.5, 0.6) is 0 Å². The average molecular weight is 341 g/mol. The van der Waals surface area contributed by atoms with E-state index >= 15 is 0 Å². The van der Waals surface area contributed by atoms with Crippen LogP contribution in [0.25, 0.3) is 0 Å². The number of rotatable bonds is 4. The van der Waals surface area contributed by atoms with Crippen LogP contribution in [0, 0.1) is 19.7 Å². The highest BCUT2D eigenvalue weighted by Gasteiger charge is 2.21. The molecule has 1 saturated heterocycles. The van der Waals surface area contributed by atoms with Gasteiger partial charge in [0.05, 0.1) is 6.54 Å². The molecule has 0 unspecified atom stereocenters. The molecular formula is C20H24FN3O. The Hall–Kier alpha value is -2.56. The Kier molecular flexibility index (Phi) is 5.22. The number of nitrogens with zero attached hydrogens (tertiary/aromatic N) is 2. The minimum absolute atomic E-state index is 0.111. The predicted octanol–water partition coefficient (Wildman–Crippen LogP) is 3.20. The van der Waals surface area contributed by atoms with Crippen molar-refractivity contribution in [1.29, 1.82) is 0 Å². The molecule has 0 bridgehead atoms. The van der Waals surface area contributed by atoms with Gasteiger partial charge in [0.15, 0.2) is 0 Å². The number of nitrogens with one attached hydrogen (secondary N) is 1. The van der Waals surface area contributed by atoms with E-state index in [2.05, 4.69) is 30.1 Å². The van der Waals surface area contributed by atoms with Crippen LogP contribution < -0.4 is 10.2 Å². The Bertz CT molecular complexity index is 737. The second-order valence-electron chi connectivity index (χ2n) is 6.45. The van der Waals surface area contributed by atoms with Gasteiger partial charge < -0.3 is 15.1 Å². The lowest BCUT2D eigenvalue weighted by atomic mass is 10.1. The first-order chi connectivity index (χ1) is 12.0. The maximum atomic E-state index is 13.0. The number of halogens is 1. The lowest BCUT2D eigenvalue weighted by Gasteiger charge is -2.36. The van der Waals surface area contributed by atoms with Crippen LogP contribution in [0.4, 0.5) is 15.8 Å². The minimum atomic E-state index is -0.227. The van der Waals surface area contributed by atoms with Gasteiger partial charge in [-0.25, -0.2) is 4.39 Å². The number of carbonyl (C=O) groups excluding carboxylic acids is 1. The maximum Gasteiger partial charge on any atom is 0.241 e. The van der Waals surface area contributed by atoms with Gasteiger partial charge in [0.2, 0.25) is 5.91 Å². The Morgan fingerprint density at radius 1 is 1.04 bits per heavy atom. The summed E-state index contributed by atoms with van der Waals surface area (Å²) in [5.41, 5.74) is 4.40. The number of hydrogen-bond acceptors (Lipinski definition) is 3. The molecule has 2 aromatic rings. The van der Waals surface area contributed by atoms with Crippen molar-refractivity contribution in [3.05, 3.63) is 59.4 Å². The van der Waals surface area contributed by atoms with Crippen LogP contribution in [-0.4, -0.2) is 43.5 Å². The van der Waals surface area contributed by atoms with Crippen molar-refractivity contribution < 1.29 is 9.18 Å². The zero-order valence-corrected chi connectivity index (χ0v) is 14.8. The van der Waals surface area contributed by atoms with Gasteiger partial charge in [0.25, 0.3) is 0 Å². The van der Waals surface area contributed by atoms with Crippen molar-refractivity contribution in [1.82, 2.24) is 4.90 Å². The molecule has 1 heterocycles. The maximum absolute atomic E-state index is 13.0. The molecular weight excluding hydrogens is 317 g/mol. The number of piperazine rings is 1. The SMILES string of the molecule is Cc1cccc(NCC(=O)N2CCN(c3ccc(F)cc3)CC2)c1C. The van der Waals surface area contributed by atoms with Crippen LogP contribution in [-0.2, 0) is 4.79 Å². The molecule has 0 spiro atoms. The van der Waals surface area contributed by atoms with Crippen LogP contribution in [0.15, 0.2) is 42.5 Å². The van der Waals surface area contributed by atoms with E-state index in [0.717, 1.165) is 24.5 Å². The molecule has 0 saturated carbocycles. The first-order valence-corrected chi connectivity index (χ1v) is 8.63. The summed E-state index contributed by atoms with van der Waals surface area (Å²) in [6, 6.07) is 12.6. The van der Waals surface area contributed by atoms with Crippen molar-refractivity contribution >= 4 is 17.3 Å². The van der Waals surface area contributed by atoms with Crippen molar-refractivity contribution in [2.24, 2.45) is 0 Å². The summed E-state index contributed by atoms with van der Waals surface area (Å²) < 4.78 is 13.0. The largest absolute Gasteiger partial charge is 0.376 e. The van der Waals surface area contributed by atoms with Gasteiger partial charge in [-0.2, -0.15) is 0 Å². The van der Waals surface area contributed by atoms with Crippen molar-refractivity contribution in [2.45, 2.75) is 13.8 Å². The fraction of sp³-hybridized carbons (Fsp3) is 0.350. The van der Waals surface area contributed by atoms with E-state index < -0.39 is 0 Å². The number of carbonyl (C=O) groups is 1. The lowest BCUT2D eigenvalue weighted by Crippen LogP contribution is -2.50. The van der Waals surface area contributed by atoms with Crippen LogP contribution in [0.3, 0.4) is 0 Å². The summed E-state index contributed by atoms with van der Waals surface area (Å²) >= 11 is 0. The normalized spacial score (nSPS) is 14.5. The molecule has 0 radical (unpaired) electrons. The first kappa shape index (κ1) is 17.3. The van der Waals surface area contributed by atoms with Gasteiger partial charge in [-0.1, -0.05) is 12.1 Å². The summed E-state index contributed by atoms with van der Waals surface area (Å²) in [4.78, 5) is 16.5. The Morgan fingerprint density at radius 3 is 2.40 bits per heavy atom. The molecule has 1 amide bonds. The van der Waals surface area contributed by atoms with Crippen molar-refractivity contribution in [2.75, 3.05) is 42.9 Å². The lowest BCUT2D eigenvalue weighted by molar-refractivity contribution is -0.129. The average Bonchev–Trinajstić information content (AvgIpc) is 2.63. The Labute approximate surface area is 148 Å². The molecule has 1 fully saturated rings. The topological polar surface area (TPSA) is 35.6 Å².